The molecule has 0 aliphatic heterocycles. The zero-order valence-electron chi connectivity index (χ0n) is 29.5. The van der Waals surface area contributed by atoms with Crippen LogP contribution in [0, 0.1) is 0 Å². The van der Waals surface area contributed by atoms with Crippen molar-refractivity contribution in [3.63, 3.8) is 0 Å². The molecule has 250 valence electrons. The summed E-state index contributed by atoms with van der Waals surface area (Å²) in [6, 6.07) is 57.6. The quantitative estimate of drug-likeness (QED) is 0.149. The summed E-state index contributed by atoms with van der Waals surface area (Å²) in [7, 11) is -1.34. The maximum Gasteiger partial charge on any atom is 0.164 e. The molecule has 0 saturated heterocycles. The van der Waals surface area contributed by atoms with Crippen molar-refractivity contribution in [2.75, 3.05) is 0 Å². The highest BCUT2D eigenvalue weighted by Crippen LogP contribution is 2.32. The standard InChI is InChI=1S/C47H38N4Si/c1-52(2,3)44-26-24-34(25-27-44)38-14-8-16-40(30-38)39-15-7-13-37(29-39)33-20-22-36(23-21-33)46-49-45(35-11-5-4-6-12-35)50-47(51-46)42-18-9-17-41(31-42)43-19-10-28-48-32-43/h4-32H,1-3H3. The van der Waals surface area contributed by atoms with Gasteiger partial charge in [-0.05, 0) is 63.2 Å². The molecule has 0 bridgehead atoms. The number of hydrogen-bond acceptors (Lipinski definition) is 4. The molecule has 5 heteroatoms. The van der Waals surface area contributed by atoms with E-state index in [0.29, 0.717) is 17.5 Å². The maximum atomic E-state index is 5.00. The van der Waals surface area contributed by atoms with Crippen LogP contribution in [0.5, 0.6) is 0 Å². The Morgan fingerprint density at radius 2 is 0.712 bits per heavy atom. The molecular formula is C47H38N4Si. The first-order chi connectivity index (χ1) is 25.4. The van der Waals surface area contributed by atoms with Crippen LogP contribution in [0.1, 0.15) is 0 Å². The summed E-state index contributed by atoms with van der Waals surface area (Å²) in [6.07, 6.45) is 3.66. The molecule has 0 fully saturated rings. The summed E-state index contributed by atoms with van der Waals surface area (Å²) in [4.78, 5) is 19.2. The zero-order chi connectivity index (χ0) is 35.5. The van der Waals surface area contributed by atoms with Crippen LogP contribution >= 0.6 is 0 Å². The van der Waals surface area contributed by atoms with Gasteiger partial charge in [-0.25, -0.2) is 15.0 Å². The molecule has 2 heterocycles. The van der Waals surface area contributed by atoms with E-state index in [0.717, 1.165) is 38.9 Å². The van der Waals surface area contributed by atoms with Gasteiger partial charge in [0.05, 0.1) is 8.07 Å². The maximum absolute atomic E-state index is 5.00. The largest absolute Gasteiger partial charge is 0.264 e. The minimum atomic E-state index is -1.34. The molecule has 2 aromatic heterocycles. The molecule has 0 N–H and O–H groups in total. The SMILES string of the molecule is C[Si](C)(C)c1ccc(-c2cccc(-c3cccc(-c4ccc(-c5nc(-c6ccccc6)nc(-c6cccc(-c7cccnc7)c6)n5)cc4)c3)c2)cc1. The first-order valence-electron chi connectivity index (χ1n) is 17.6. The summed E-state index contributed by atoms with van der Waals surface area (Å²) < 4.78 is 0. The first-order valence-corrected chi connectivity index (χ1v) is 21.1. The van der Waals surface area contributed by atoms with E-state index < -0.39 is 8.07 Å². The Balaban J connectivity index is 1.10. The van der Waals surface area contributed by atoms with Crippen molar-refractivity contribution in [3.05, 3.63) is 176 Å². The number of rotatable bonds is 8. The fraction of sp³-hybridized carbons (Fsp3) is 0.0638. The summed E-state index contributed by atoms with van der Waals surface area (Å²) in [5.41, 5.74) is 12.0. The van der Waals surface area contributed by atoms with Gasteiger partial charge in [-0.2, -0.15) is 0 Å². The molecule has 0 aliphatic carbocycles. The van der Waals surface area contributed by atoms with E-state index in [1.165, 1.54) is 27.4 Å². The number of aromatic nitrogens is 4. The van der Waals surface area contributed by atoms with Gasteiger partial charge in [0.15, 0.2) is 17.5 Å². The minimum Gasteiger partial charge on any atom is -0.264 e. The topological polar surface area (TPSA) is 51.6 Å². The van der Waals surface area contributed by atoms with Crippen LogP contribution in [0.3, 0.4) is 0 Å². The van der Waals surface area contributed by atoms with Gasteiger partial charge in [-0.15, -0.1) is 0 Å². The second kappa shape index (κ2) is 14.1. The minimum absolute atomic E-state index is 0.626. The highest BCUT2D eigenvalue weighted by molar-refractivity contribution is 6.88. The zero-order valence-corrected chi connectivity index (χ0v) is 30.5. The van der Waals surface area contributed by atoms with Gasteiger partial charge in [0, 0.05) is 34.6 Å². The third-order valence-electron chi connectivity index (χ3n) is 9.40. The van der Waals surface area contributed by atoms with E-state index in [4.69, 9.17) is 15.0 Å². The van der Waals surface area contributed by atoms with Crippen LogP contribution in [0.25, 0.3) is 78.7 Å². The summed E-state index contributed by atoms with van der Waals surface area (Å²) in [5.74, 6) is 1.89. The first kappa shape index (κ1) is 32.9. The Hall–Kier alpha value is -6.30. The number of benzene rings is 6. The monoisotopic (exact) mass is 686 g/mol. The van der Waals surface area contributed by atoms with E-state index in [1.54, 1.807) is 6.20 Å². The molecule has 0 aliphatic rings. The third kappa shape index (κ3) is 7.13. The van der Waals surface area contributed by atoms with Gasteiger partial charge < -0.3 is 0 Å². The highest BCUT2D eigenvalue weighted by Gasteiger charge is 2.16. The smallest absolute Gasteiger partial charge is 0.164 e. The van der Waals surface area contributed by atoms with Gasteiger partial charge >= 0.3 is 0 Å². The summed E-state index contributed by atoms with van der Waals surface area (Å²) in [6.45, 7) is 7.16. The van der Waals surface area contributed by atoms with Gasteiger partial charge in [0.25, 0.3) is 0 Å². The summed E-state index contributed by atoms with van der Waals surface area (Å²) in [5, 5.41) is 1.48. The molecule has 0 spiro atoms. The molecule has 0 radical (unpaired) electrons. The number of hydrogen-bond donors (Lipinski definition) is 0. The lowest BCUT2D eigenvalue weighted by molar-refractivity contribution is 1.07. The van der Waals surface area contributed by atoms with E-state index in [-0.39, 0.29) is 0 Å². The van der Waals surface area contributed by atoms with Gasteiger partial charge in [0.1, 0.15) is 0 Å². The molecule has 0 amide bonds. The highest BCUT2D eigenvalue weighted by atomic mass is 28.3. The van der Waals surface area contributed by atoms with E-state index in [2.05, 4.69) is 140 Å². The molecule has 8 aromatic rings. The predicted molar refractivity (Wildman–Crippen MR) is 219 cm³/mol. The van der Waals surface area contributed by atoms with Crippen LogP contribution in [0.4, 0.5) is 0 Å². The van der Waals surface area contributed by atoms with Crippen molar-refractivity contribution in [3.8, 4) is 78.7 Å². The second-order valence-electron chi connectivity index (χ2n) is 14.1. The molecule has 4 nitrogen and oxygen atoms in total. The Morgan fingerprint density at radius 1 is 0.327 bits per heavy atom. The van der Waals surface area contributed by atoms with Crippen molar-refractivity contribution >= 4 is 13.3 Å². The van der Waals surface area contributed by atoms with Gasteiger partial charge in [-0.3, -0.25) is 4.98 Å². The Kier molecular flexibility index (Phi) is 8.94. The predicted octanol–water partition coefficient (Wildman–Crippen LogP) is 11.5. The fourth-order valence-electron chi connectivity index (χ4n) is 6.45. The Morgan fingerprint density at radius 3 is 1.23 bits per heavy atom. The van der Waals surface area contributed by atoms with E-state index >= 15 is 0 Å². The van der Waals surface area contributed by atoms with Crippen molar-refractivity contribution in [2.45, 2.75) is 19.6 Å². The molecule has 8 rings (SSSR count). The Bertz CT molecular complexity index is 2470. The number of nitrogens with zero attached hydrogens (tertiary/aromatic N) is 4. The van der Waals surface area contributed by atoms with E-state index in [9.17, 15) is 0 Å². The Labute approximate surface area is 306 Å². The lowest BCUT2D eigenvalue weighted by atomic mass is 9.96. The van der Waals surface area contributed by atoms with Crippen molar-refractivity contribution in [1.29, 1.82) is 0 Å². The summed E-state index contributed by atoms with van der Waals surface area (Å²) >= 11 is 0. The molecule has 52 heavy (non-hydrogen) atoms. The molecule has 6 aromatic carbocycles. The molecule has 0 saturated carbocycles. The lowest BCUT2D eigenvalue weighted by Gasteiger charge is -2.17. The van der Waals surface area contributed by atoms with Crippen molar-refractivity contribution in [1.82, 2.24) is 19.9 Å². The average Bonchev–Trinajstić information content (AvgIpc) is 3.21. The van der Waals surface area contributed by atoms with Crippen LogP contribution in [0.15, 0.2) is 176 Å². The second-order valence-corrected chi connectivity index (χ2v) is 19.1. The van der Waals surface area contributed by atoms with Crippen LogP contribution < -0.4 is 5.19 Å². The van der Waals surface area contributed by atoms with Gasteiger partial charge in [0.2, 0.25) is 0 Å². The van der Waals surface area contributed by atoms with Crippen LogP contribution in [0.2, 0.25) is 19.6 Å². The normalized spacial score (nSPS) is 11.4. The third-order valence-corrected chi connectivity index (χ3v) is 11.5. The molecular weight excluding hydrogens is 649 g/mol. The lowest BCUT2D eigenvalue weighted by Crippen LogP contribution is -2.37. The molecule has 0 atom stereocenters. The van der Waals surface area contributed by atoms with Crippen molar-refractivity contribution < 1.29 is 0 Å². The fourth-order valence-corrected chi connectivity index (χ4v) is 7.62. The number of pyridine rings is 1. The van der Waals surface area contributed by atoms with Crippen LogP contribution in [-0.4, -0.2) is 28.0 Å². The van der Waals surface area contributed by atoms with Gasteiger partial charge in [-0.1, -0.05) is 164 Å². The molecule has 0 unspecified atom stereocenters. The van der Waals surface area contributed by atoms with Crippen LogP contribution in [-0.2, 0) is 0 Å². The van der Waals surface area contributed by atoms with E-state index in [1.807, 2.05) is 54.7 Å². The van der Waals surface area contributed by atoms with Crippen molar-refractivity contribution in [2.24, 2.45) is 0 Å². The average molecular weight is 687 g/mol.